The molecular formula is C22H17N5O4. The second-order valence-electron chi connectivity index (χ2n) is 6.19. The van der Waals surface area contributed by atoms with Crippen LogP contribution < -0.4 is 10.9 Å². The van der Waals surface area contributed by atoms with Crippen LogP contribution in [0.15, 0.2) is 89.1 Å². The number of benzene rings is 3. The maximum atomic E-state index is 12.4. The van der Waals surface area contributed by atoms with Crippen molar-refractivity contribution in [2.24, 2.45) is 10.2 Å². The fourth-order valence-corrected chi connectivity index (χ4v) is 2.54. The molecule has 0 saturated carbocycles. The lowest BCUT2D eigenvalue weighted by atomic mass is 10.0. The Hall–Kier alpha value is -4.66. The molecule has 3 rings (SSSR count). The molecule has 0 radical (unpaired) electrons. The molecule has 3 aromatic rings. The van der Waals surface area contributed by atoms with E-state index in [0.717, 1.165) is 18.5 Å². The fourth-order valence-electron chi connectivity index (χ4n) is 2.54. The van der Waals surface area contributed by atoms with E-state index in [0.29, 0.717) is 11.4 Å². The number of rotatable bonds is 9. The Morgan fingerprint density at radius 1 is 0.774 bits per heavy atom. The molecule has 0 heterocycles. The Morgan fingerprint density at radius 2 is 1.29 bits per heavy atom. The molecule has 31 heavy (non-hydrogen) atoms. The first-order chi connectivity index (χ1) is 15.0. The van der Waals surface area contributed by atoms with Crippen molar-refractivity contribution in [2.75, 3.05) is 10.9 Å². The fraction of sp³-hybridized carbons (Fsp3) is 0. The monoisotopic (exact) mass is 415 g/mol. The molecule has 2 N–H and O–H groups in total. The summed E-state index contributed by atoms with van der Waals surface area (Å²) in [6.07, 6.45) is 1.96. The number of nitro groups is 1. The SMILES string of the molecule is O=C(/C=N\Nc1ccccc1)c1ccc(C(=O)/C=N\Nc2ccccc2)c([N+](=O)[O-])c1. The summed E-state index contributed by atoms with van der Waals surface area (Å²) in [4.78, 5) is 35.4. The molecule has 0 fully saturated rings. The molecule has 9 nitrogen and oxygen atoms in total. The molecular weight excluding hydrogens is 398 g/mol. The summed E-state index contributed by atoms with van der Waals surface area (Å²) in [5, 5.41) is 19.1. The smallest absolute Gasteiger partial charge is 0.281 e. The number of anilines is 2. The highest BCUT2D eigenvalue weighted by atomic mass is 16.6. The number of nitrogens with zero attached hydrogens (tertiary/aromatic N) is 3. The van der Waals surface area contributed by atoms with Gasteiger partial charge < -0.3 is 0 Å². The van der Waals surface area contributed by atoms with Crippen LogP contribution in [0.5, 0.6) is 0 Å². The first-order valence-corrected chi connectivity index (χ1v) is 9.10. The average molecular weight is 415 g/mol. The van der Waals surface area contributed by atoms with Gasteiger partial charge in [-0.3, -0.25) is 30.6 Å². The van der Waals surface area contributed by atoms with E-state index in [2.05, 4.69) is 21.1 Å². The number of nitrogens with one attached hydrogen (secondary N) is 2. The predicted octanol–water partition coefficient (Wildman–Crippen LogP) is 4.16. The lowest BCUT2D eigenvalue weighted by Gasteiger charge is -2.02. The first-order valence-electron chi connectivity index (χ1n) is 9.10. The number of hydrazone groups is 2. The summed E-state index contributed by atoms with van der Waals surface area (Å²) >= 11 is 0. The van der Waals surface area contributed by atoms with Crippen molar-refractivity contribution in [3.63, 3.8) is 0 Å². The first kappa shape index (κ1) is 21.1. The van der Waals surface area contributed by atoms with E-state index in [-0.39, 0.29) is 11.1 Å². The number of hydrogen-bond donors (Lipinski definition) is 2. The van der Waals surface area contributed by atoms with Gasteiger partial charge in [0.05, 0.1) is 28.7 Å². The predicted molar refractivity (Wildman–Crippen MR) is 119 cm³/mol. The maximum Gasteiger partial charge on any atom is 0.281 e. The molecule has 0 bridgehead atoms. The van der Waals surface area contributed by atoms with Crippen LogP contribution in [0.4, 0.5) is 17.1 Å². The Morgan fingerprint density at radius 3 is 1.81 bits per heavy atom. The van der Waals surface area contributed by atoms with E-state index in [1.54, 1.807) is 48.5 Å². The van der Waals surface area contributed by atoms with Crippen LogP contribution in [0, 0.1) is 10.1 Å². The number of carbonyl (C=O) groups is 2. The van der Waals surface area contributed by atoms with Gasteiger partial charge in [-0.25, -0.2) is 0 Å². The van der Waals surface area contributed by atoms with Gasteiger partial charge in [0, 0.05) is 11.6 Å². The third-order valence-corrected chi connectivity index (χ3v) is 4.04. The van der Waals surface area contributed by atoms with Crippen molar-refractivity contribution in [1.29, 1.82) is 0 Å². The zero-order valence-electron chi connectivity index (χ0n) is 16.1. The van der Waals surface area contributed by atoms with Crippen LogP contribution in [0.1, 0.15) is 20.7 Å². The Labute approximate surface area is 177 Å². The minimum absolute atomic E-state index is 0.0289. The van der Waals surface area contributed by atoms with Gasteiger partial charge in [-0.1, -0.05) is 36.4 Å². The van der Waals surface area contributed by atoms with Gasteiger partial charge in [0.2, 0.25) is 11.6 Å². The Bertz CT molecular complexity index is 1150. The second-order valence-corrected chi connectivity index (χ2v) is 6.19. The van der Waals surface area contributed by atoms with Crippen molar-refractivity contribution in [3.05, 3.63) is 100 Å². The number of ketones is 2. The minimum Gasteiger partial charge on any atom is -0.287 e. The third-order valence-electron chi connectivity index (χ3n) is 4.04. The van der Waals surface area contributed by atoms with Gasteiger partial charge in [0.15, 0.2) is 0 Å². The summed E-state index contributed by atoms with van der Waals surface area (Å²) in [6.45, 7) is 0. The van der Waals surface area contributed by atoms with Gasteiger partial charge in [0.1, 0.15) is 5.56 Å². The zero-order chi connectivity index (χ0) is 22.1. The maximum absolute atomic E-state index is 12.4. The molecule has 154 valence electrons. The number of Topliss-reactive ketones (excluding diaryl/α,β-unsaturated/α-hetero) is 2. The molecule has 0 aromatic heterocycles. The van der Waals surface area contributed by atoms with Crippen molar-refractivity contribution in [3.8, 4) is 0 Å². The summed E-state index contributed by atoms with van der Waals surface area (Å²) in [6, 6.07) is 21.5. The molecule has 0 unspecified atom stereocenters. The van der Waals surface area contributed by atoms with Crippen LogP contribution in [-0.4, -0.2) is 28.9 Å². The lowest BCUT2D eigenvalue weighted by molar-refractivity contribution is -0.385. The van der Waals surface area contributed by atoms with Crippen molar-refractivity contribution in [2.45, 2.75) is 0 Å². The third kappa shape index (κ3) is 5.91. The van der Waals surface area contributed by atoms with Gasteiger partial charge in [0.25, 0.3) is 5.69 Å². The highest BCUT2D eigenvalue weighted by Gasteiger charge is 2.21. The quantitative estimate of drug-likeness (QED) is 0.234. The van der Waals surface area contributed by atoms with Crippen LogP contribution in [0.2, 0.25) is 0 Å². The van der Waals surface area contributed by atoms with Crippen molar-refractivity contribution >= 4 is 41.1 Å². The number of carbonyl (C=O) groups excluding carboxylic acids is 2. The van der Waals surface area contributed by atoms with E-state index in [1.807, 2.05) is 12.1 Å². The van der Waals surface area contributed by atoms with Crippen molar-refractivity contribution < 1.29 is 14.5 Å². The van der Waals surface area contributed by atoms with Crippen molar-refractivity contribution in [1.82, 2.24) is 0 Å². The van der Waals surface area contributed by atoms with E-state index >= 15 is 0 Å². The van der Waals surface area contributed by atoms with E-state index in [4.69, 9.17) is 0 Å². The molecule has 0 saturated heterocycles. The summed E-state index contributed by atoms with van der Waals surface area (Å²) in [7, 11) is 0. The topological polar surface area (TPSA) is 126 Å². The van der Waals surface area contributed by atoms with Gasteiger partial charge in [-0.15, -0.1) is 0 Å². The van der Waals surface area contributed by atoms with Gasteiger partial charge in [-0.05, 0) is 36.4 Å². The lowest BCUT2D eigenvalue weighted by Crippen LogP contribution is -2.09. The van der Waals surface area contributed by atoms with Crippen LogP contribution in [-0.2, 0) is 0 Å². The number of hydrogen-bond acceptors (Lipinski definition) is 8. The van der Waals surface area contributed by atoms with Gasteiger partial charge >= 0.3 is 0 Å². The van der Waals surface area contributed by atoms with Gasteiger partial charge in [-0.2, -0.15) is 10.2 Å². The molecule has 0 aliphatic rings. The molecule has 0 atom stereocenters. The van der Waals surface area contributed by atoms with Crippen LogP contribution in [0.3, 0.4) is 0 Å². The van der Waals surface area contributed by atoms with Crippen LogP contribution >= 0.6 is 0 Å². The standard InChI is InChI=1S/C22H17N5O4/c28-21(14-23-25-17-7-3-1-4-8-17)16-11-12-19(20(13-16)27(30)31)22(29)15-24-26-18-9-5-2-6-10-18/h1-15,25-26H/b23-14-,24-15-. The highest BCUT2D eigenvalue weighted by Crippen LogP contribution is 2.21. The summed E-state index contributed by atoms with van der Waals surface area (Å²) in [5.41, 5.74) is 6.04. The minimum atomic E-state index is -0.720. The van der Waals surface area contributed by atoms with E-state index < -0.39 is 22.2 Å². The normalized spacial score (nSPS) is 10.8. The van der Waals surface area contributed by atoms with Crippen LogP contribution in [0.25, 0.3) is 0 Å². The summed E-state index contributed by atoms with van der Waals surface area (Å²) in [5.74, 6) is -1.22. The Balaban J connectivity index is 1.72. The van der Waals surface area contributed by atoms with E-state index in [9.17, 15) is 19.7 Å². The summed E-state index contributed by atoms with van der Waals surface area (Å²) < 4.78 is 0. The Kier molecular flexibility index (Phi) is 6.94. The zero-order valence-corrected chi connectivity index (χ0v) is 16.1. The second kappa shape index (κ2) is 10.2. The molecule has 3 aromatic carbocycles. The number of nitro benzene ring substituents is 1. The number of para-hydroxylation sites is 2. The molecule has 0 aliphatic carbocycles. The highest BCUT2D eigenvalue weighted by molar-refractivity contribution is 6.38. The molecule has 0 amide bonds. The molecule has 9 heteroatoms. The van der Waals surface area contributed by atoms with E-state index in [1.165, 1.54) is 12.1 Å². The molecule has 0 spiro atoms. The molecule has 0 aliphatic heterocycles. The largest absolute Gasteiger partial charge is 0.287 e. The average Bonchev–Trinajstić information content (AvgIpc) is 2.80.